The summed E-state index contributed by atoms with van der Waals surface area (Å²) in [4.78, 5) is 27.5. The van der Waals surface area contributed by atoms with Crippen molar-refractivity contribution in [2.45, 2.75) is 20.5 Å². The van der Waals surface area contributed by atoms with Gasteiger partial charge in [-0.2, -0.15) is 0 Å². The van der Waals surface area contributed by atoms with Crippen LogP contribution in [0.25, 0.3) is 5.65 Å². The fourth-order valence-electron chi connectivity index (χ4n) is 1.51. The van der Waals surface area contributed by atoms with Crippen molar-refractivity contribution < 1.29 is 9.53 Å². The number of nitrogens with zero attached hydrogens (tertiary/aromatic N) is 2. The third kappa shape index (κ3) is 3.20. The van der Waals surface area contributed by atoms with Gasteiger partial charge in [-0.1, -0.05) is 13.8 Å². The highest BCUT2D eigenvalue weighted by Crippen LogP contribution is 2.10. The highest BCUT2D eigenvalue weighted by atomic mass is 79.9. The number of halogens is 1. The molecule has 2 aromatic rings. The molecule has 2 rings (SSSR count). The van der Waals surface area contributed by atoms with E-state index in [1.807, 2.05) is 0 Å². The lowest BCUT2D eigenvalue weighted by molar-refractivity contribution is -0.148. The maximum Gasteiger partial charge on any atom is 0.308 e. The summed E-state index contributed by atoms with van der Waals surface area (Å²) < 4.78 is 7.28. The van der Waals surface area contributed by atoms with E-state index in [1.54, 1.807) is 32.2 Å². The fourth-order valence-corrected chi connectivity index (χ4v) is 1.85. The summed E-state index contributed by atoms with van der Waals surface area (Å²) in [6.07, 6.45) is 1.65. The number of pyridine rings is 1. The largest absolute Gasteiger partial charge is 0.459 e. The van der Waals surface area contributed by atoms with Crippen molar-refractivity contribution in [1.29, 1.82) is 0 Å². The number of rotatable bonds is 3. The third-order valence-electron chi connectivity index (χ3n) is 2.51. The molecule has 0 saturated heterocycles. The summed E-state index contributed by atoms with van der Waals surface area (Å²) in [6.45, 7) is 3.52. The zero-order chi connectivity index (χ0) is 14.0. The van der Waals surface area contributed by atoms with E-state index in [0.717, 1.165) is 4.47 Å². The predicted octanol–water partition coefficient (Wildman–Crippen LogP) is 2.16. The van der Waals surface area contributed by atoms with Gasteiger partial charge in [0.2, 0.25) is 0 Å². The van der Waals surface area contributed by atoms with E-state index >= 15 is 0 Å². The first-order valence-corrected chi connectivity index (χ1v) is 6.61. The zero-order valence-corrected chi connectivity index (χ0v) is 12.2. The second-order valence-electron chi connectivity index (χ2n) is 4.42. The van der Waals surface area contributed by atoms with E-state index in [1.165, 1.54) is 10.5 Å². The lowest BCUT2D eigenvalue weighted by Gasteiger charge is -2.07. The summed E-state index contributed by atoms with van der Waals surface area (Å²) in [5.74, 6) is -0.504. The minimum atomic E-state index is -0.308. The standard InChI is InChI=1S/C13H13BrN2O3/c1-8(2)13(18)19-7-10-5-12(17)16-6-9(14)3-4-11(16)15-10/h3-6,8H,7H2,1-2H3. The summed E-state index contributed by atoms with van der Waals surface area (Å²) in [6, 6.07) is 4.89. The Morgan fingerprint density at radius 1 is 1.47 bits per heavy atom. The molecule has 0 saturated carbocycles. The Hall–Kier alpha value is -1.69. The fraction of sp³-hybridized carbons (Fsp3) is 0.308. The maximum atomic E-state index is 11.9. The van der Waals surface area contributed by atoms with E-state index in [9.17, 15) is 9.59 Å². The van der Waals surface area contributed by atoms with Gasteiger partial charge in [0.15, 0.2) is 0 Å². The number of hydrogen-bond acceptors (Lipinski definition) is 4. The number of esters is 1. The van der Waals surface area contributed by atoms with E-state index in [4.69, 9.17) is 4.74 Å². The van der Waals surface area contributed by atoms with Crippen LogP contribution in [0.3, 0.4) is 0 Å². The molecule has 6 heteroatoms. The lowest BCUT2D eigenvalue weighted by atomic mass is 10.2. The maximum absolute atomic E-state index is 11.9. The molecular formula is C13H13BrN2O3. The molecule has 2 aromatic heterocycles. The van der Waals surface area contributed by atoms with Crippen LogP contribution in [-0.4, -0.2) is 15.4 Å². The van der Waals surface area contributed by atoms with Crippen LogP contribution in [0.1, 0.15) is 19.5 Å². The predicted molar refractivity (Wildman–Crippen MR) is 73.8 cm³/mol. The van der Waals surface area contributed by atoms with Gasteiger partial charge in [-0.15, -0.1) is 0 Å². The monoisotopic (exact) mass is 324 g/mol. The molecule has 0 aliphatic carbocycles. The number of aromatic nitrogens is 2. The molecule has 0 atom stereocenters. The van der Waals surface area contributed by atoms with Crippen LogP contribution in [-0.2, 0) is 16.1 Å². The smallest absolute Gasteiger partial charge is 0.308 e. The molecule has 0 unspecified atom stereocenters. The Morgan fingerprint density at radius 3 is 2.89 bits per heavy atom. The molecule has 5 nitrogen and oxygen atoms in total. The van der Waals surface area contributed by atoms with Crippen molar-refractivity contribution in [3.63, 3.8) is 0 Å². The van der Waals surface area contributed by atoms with Crippen LogP contribution in [0.15, 0.2) is 33.7 Å². The van der Waals surface area contributed by atoms with Crippen LogP contribution in [0.5, 0.6) is 0 Å². The molecule has 0 bridgehead atoms. The van der Waals surface area contributed by atoms with Crippen molar-refractivity contribution in [2.24, 2.45) is 5.92 Å². The second kappa shape index (κ2) is 5.52. The molecule has 0 N–H and O–H groups in total. The highest BCUT2D eigenvalue weighted by Gasteiger charge is 2.10. The first kappa shape index (κ1) is 13.7. The third-order valence-corrected chi connectivity index (χ3v) is 2.98. The Labute approximate surface area is 118 Å². The zero-order valence-electron chi connectivity index (χ0n) is 10.6. The average Bonchev–Trinajstić information content (AvgIpc) is 2.36. The first-order chi connectivity index (χ1) is 8.97. The van der Waals surface area contributed by atoms with E-state index in [-0.39, 0.29) is 24.1 Å². The van der Waals surface area contributed by atoms with Gasteiger partial charge in [0.25, 0.3) is 5.56 Å². The van der Waals surface area contributed by atoms with Gasteiger partial charge in [0.1, 0.15) is 12.3 Å². The summed E-state index contributed by atoms with van der Waals surface area (Å²) in [5.41, 5.74) is 0.759. The normalized spacial score (nSPS) is 10.9. The van der Waals surface area contributed by atoms with Crippen molar-refractivity contribution >= 4 is 27.5 Å². The van der Waals surface area contributed by atoms with Gasteiger partial charge in [-0.3, -0.25) is 14.0 Å². The second-order valence-corrected chi connectivity index (χ2v) is 5.34. The van der Waals surface area contributed by atoms with Crippen LogP contribution in [0.4, 0.5) is 0 Å². The molecule has 0 radical (unpaired) electrons. The molecule has 0 spiro atoms. The molecule has 0 aliphatic heterocycles. The first-order valence-electron chi connectivity index (χ1n) is 5.82. The van der Waals surface area contributed by atoms with Gasteiger partial charge in [0, 0.05) is 16.7 Å². The van der Waals surface area contributed by atoms with E-state index in [0.29, 0.717) is 11.3 Å². The number of hydrogen-bond donors (Lipinski definition) is 0. The Balaban J connectivity index is 2.29. The summed E-state index contributed by atoms with van der Waals surface area (Å²) >= 11 is 3.29. The Morgan fingerprint density at radius 2 is 2.21 bits per heavy atom. The van der Waals surface area contributed by atoms with Crippen molar-refractivity contribution in [1.82, 2.24) is 9.38 Å². The average molecular weight is 325 g/mol. The van der Waals surface area contributed by atoms with Crippen LogP contribution in [0.2, 0.25) is 0 Å². The van der Waals surface area contributed by atoms with Crippen molar-refractivity contribution in [3.8, 4) is 0 Å². The van der Waals surface area contributed by atoms with E-state index < -0.39 is 0 Å². The van der Waals surface area contributed by atoms with Crippen LogP contribution >= 0.6 is 15.9 Å². The molecular weight excluding hydrogens is 312 g/mol. The number of ether oxygens (including phenoxy) is 1. The van der Waals surface area contributed by atoms with Gasteiger partial charge in [-0.05, 0) is 28.1 Å². The quantitative estimate of drug-likeness (QED) is 0.812. The lowest BCUT2D eigenvalue weighted by Crippen LogP contribution is -2.17. The molecule has 0 aromatic carbocycles. The summed E-state index contributed by atoms with van der Waals surface area (Å²) in [7, 11) is 0. The summed E-state index contributed by atoms with van der Waals surface area (Å²) in [5, 5.41) is 0. The topological polar surface area (TPSA) is 60.7 Å². The van der Waals surface area contributed by atoms with Gasteiger partial charge >= 0.3 is 5.97 Å². The molecule has 2 heterocycles. The van der Waals surface area contributed by atoms with Crippen molar-refractivity contribution in [3.05, 3.63) is 44.9 Å². The van der Waals surface area contributed by atoms with Gasteiger partial charge in [0.05, 0.1) is 11.6 Å². The SMILES string of the molecule is CC(C)C(=O)OCc1cc(=O)n2cc(Br)ccc2n1. The minimum Gasteiger partial charge on any atom is -0.459 e. The Bertz CT molecular complexity index is 679. The van der Waals surface area contributed by atoms with Gasteiger partial charge < -0.3 is 4.74 Å². The van der Waals surface area contributed by atoms with Gasteiger partial charge in [-0.25, -0.2) is 4.98 Å². The molecule has 0 amide bonds. The molecule has 0 fully saturated rings. The molecule has 100 valence electrons. The minimum absolute atomic E-state index is 0.0127. The van der Waals surface area contributed by atoms with E-state index in [2.05, 4.69) is 20.9 Å². The van der Waals surface area contributed by atoms with Crippen molar-refractivity contribution in [2.75, 3.05) is 0 Å². The highest BCUT2D eigenvalue weighted by molar-refractivity contribution is 9.10. The number of fused-ring (bicyclic) bond motifs is 1. The molecule has 0 aliphatic rings. The van der Waals surface area contributed by atoms with Crippen LogP contribution in [0, 0.1) is 5.92 Å². The van der Waals surface area contributed by atoms with Crippen LogP contribution < -0.4 is 5.56 Å². The molecule has 19 heavy (non-hydrogen) atoms. The number of carbonyl (C=O) groups excluding carboxylic acids is 1. The Kier molecular flexibility index (Phi) is 3.99. The number of carbonyl (C=O) groups is 1.